The van der Waals surface area contributed by atoms with E-state index in [4.69, 9.17) is 27.9 Å². The van der Waals surface area contributed by atoms with Crippen LogP contribution in [-0.4, -0.2) is 42.4 Å². The minimum atomic E-state index is -0.186. The summed E-state index contributed by atoms with van der Waals surface area (Å²) in [6.07, 6.45) is 0.663. The Labute approximate surface area is 111 Å². The molecule has 1 fully saturated rings. The predicted octanol–water partition coefficient (Wildman–Crippen LogP) is 2.44. The maximum Gasteiger partial charge on any atom is 0.138 e. The molecule has 17 heavy (non-hydrogen) atoms. The van der Waals surface area contributed by atoms with Gasteiger partial charge in [0.1, 0.15) is 12.4 Å². The van der Waals surface area contributed by atoms with Crippen molar-refractivity contribution in [3.05, 3.63) is 28.2 Å². The number of hydrogen-bond donors (Lipinski definition) is 1. The minimum absolute atomic E-state index is 0.186. The van der Waals surface area contributed by atoms with Crippen molar-refractivity contribution in [3.8, 4) is 5.75 Å². The molecule has 2 rings (SSSR count). The van der Waals surface area contributed by atoms with E-state index >= 15 is 0 Å². The van der Waals surface area contributed by atoms with Crippen LogP contribution in [0, 0.1) is 0 Å². The third-order valence-corrected chi connectivity index (χ3v) is 3.34. The molecule has 0 spiro atoms. The molecular weight excluding hydrogens is 261 g/mol. The number of aliphatic hydroxyl groups is 1. The van der Waals surface area contributed by atoms with Gasteiger partial charge in [-0.25, -0.2) is 0 Å². The lowest BCUT2D eigenvalue weighted by atomic mass is 10.3. The van der Waals surface area contributed by atoms with Crippen LogP contribution in [0.1, 0.15) is 6.42 Å². The highest BCUT2D eigenvalue weighted by Gasteiger charge is 2.19. The first-order chi connectivity index (χ1) is 8.15. The van der Waals surface area contributed by atoms with Crippen molar-refractivity contribution in [3.63, 3.8) is 0 Å². The highest BCUT2D eigenvalue weighted by atomic mass is 35.5. The fraction of sp³-hybridized carbons (Fsp3) is 0.500. The Hall–Kier alpha value is -0.480. The topological polar surface area (TPSA) is 32.7 Å². The zero-order valence-corrected chi connectivity index (χ0v) is 10.9. The number of hydrogen-bond acceptors (Lipinski definition) is 3. The van der Waals surface area contributed by atoms with E-state index in [1.54, 1.807) is 18.2 Å². The largest absolute Gasteiger partial charge is 0.491 e. The van der Waals surface area contributed by atoms with Gasteiger partial charge in [0.15, 0.2) is 0 Å². The monoisotopic (exact) mass is 275 g/mol. The average molecular weight is 276 g/mol. The molecule has 0 amide bonds. The SMILES string of the molecule is O[C@H]1CCN(CCOc2ccc(Cl)cc2Cl)C1. The summed E-state index contributed by atoms with van der Waals surface area (Å²) in [6, 6.07) is 5.18. The number of halogens is 2. The van der Waals surface area contributed by atoms with Gasteiger partial charge in [0.25, 0.3) is 0 Å². The zero-order chi connectivity index (χ0) is 12.3. The molecule has 1 N–H and O–H groups in total. The van der Waals surface area contributed by atoms with E-state index < -0.39 is 0 Å². The van der Waals surface area contributed by atoms with Gasteiger partial charge >= 0.3 is 0 Å². The molecule has 1 aromatic carbocycles. The van der Waals surface area contributed by atoms with Crippen LogP contribution in [0.4, 0.5) is 0 Å². The molecule has 3 nitrogen and oxygen atoms in total. The number of benzene rings is 1. The fourth-order valence-electron chi connectivity index (χ4n) is 1.89. The van der Waals surface area contributed by atoms with Crippen LogP contribution in [0.2, 0.25) is 10.0 Å². The summed E-state index contributed by atoms with van der Waals surface area (Å²) in [6.45, 7) is 3.03. The lowest BCUT2D eigenvalue weighted by Crippen LogP contribution is -2.27. The summed E-state index contributed by atoms with van der Waals surface area (Å²) < 4.78 is 5.58. The van der Waals surface area contributed by atoms with Gasteiger partial charge in [0.05, 0.1) is 11.1 Å². The van der Waals surface area contributed by atoms with E-state index in [0.29, 0.717) is 22.4 Å². The van der Waals surface area contributed by atoms with E-state index in [1.165, 1.54) is 0 Å². The van der Waals surface area contributed by atoms with Crippen molar-refractivity contribution < 1.29 is 9.84 Å². The van der Waals surface area contributed by atoms with Crippen molar-refractivity contribution >= 4 is 23.2 Å². The molecule has 0 unspecified atom stereocenters. The van der Waals surface area contributed by atoms with Crippen molar-refractivity contribution in [1.29, 1.82) is 0 Å². The van der Waals surface area contributed by atoms with Crippen LogP contribution in [0.25, 0.3) is 0 Å². The van der Waals surface area contributed by atoms with Gasteiger partial charge in [-0.1, -0.05) is 23.2 Å². The Morgan fingerprint density at radius 3 is 2.88 bits per heavy atom. The lowest BCUT2D eigenvalue weighted by Gasteiger charge is -2.15. The van der Waals surface area contributed by atoms with Gasteiger partial charge < -0.3 is 9.84 Å². The number of aliphatic hydroxyl groups excluding tert-OH is 1. The van der Waals surface area contributed by atoms with Crippen molar-refractivity contribution in [2.24, 2.45) is 0 Å². The first kappa shape index (κ1) is 13.0. The van der Waals surface area contributed by atoms with Gasteiger partial charge in [-0.2, -0.15) is 0 Å². The molecule has 0 saturated carbocycles. The molecule has 1 heterocycles. The highest BCUT2D eigenvalue weighted by molar-refractivity contribution is 6.35. The van der Waals surface area contributed by atoms with Gasteiger partial charge in [-0.15, -0.1) is 0 Å². The van der Waals surface area contributed by atoms with Crippen LogP contribution in [-0.2, 0) is 0 Å². The number of nitrogens with zero attached hydrogens (tertiary/aromatic N) is 1. The summed E-state index contributed by atoms with van der Waals surface area (Å²) >= 11 is 11.8. The summed E-state index contributed by atoms with van der Waals surface area (Å²) in [5.74, 6) is 0.649. The Morgan fingerprint density at radius 1 is 1.41 bits per heavy atom. The Kier molecular flexibility index (Phi) is 4.51. The lowest BCUT2D eigenvalue weighted by molar-refractivity contribution is 0.167. The first-order valence-corrected chi connectivity index (χ1v) is 6.39. The molecule has 94 valence electrons. The third-order valence-electron chi connectivity index (χ3n) is 2.81. The van der Waals surface area contributed by atoms with Crippen LogP contribution in [0.15, 0.2) is 18.2 Å². The molecule has 0 aromatic heterocycles. The van der Waals surface area contributed by atoms with E-state index in [0.717, 1.165) is 26.1 Å². The second-order valence-corrected chi connectivity index (χ2v) is 5.01. The van der Waals surface area contributed by atoms with E-state index in [2.05, 4.69) is 4.90 Å². The maximum absolute atomic E-state index is 9.37. The quantitative estimate of drug-likeness (QED) is 0.916. The van der Waals surface area contributed by atoms with Crippen LogP contribution < -0.4 is 4.74 Å². The fourth-order valence-corrected chi connectivity index (χ4v) is 2.36. The molecule has 0 aliphatic carbocycles. The highest BCUT2D eigenvalue weighted by Crippen LogP contribution is 2.27. The molecule has 1 saturated heterocycles. The minimum Gasteiger partial charge on any atom is -0.491 e. The molecule has 1 atom stereocenters. The van der Waals surface area contributed by atoms with Crippen LogP contribution >= 0.6 is 23.2 Å². The molecule has 0 radical (unpaired) electrons. The molecule has 1 aliphatic rings. The normalized spacial score (nSPS) is 20.8. The smallest absolute Gasteiger partial charge is 0.138 e. The summed E-state index contributed by atoms with van der Waals surface area (Å²) in [5, 5.41) is 10.5. The second-order valence-electron chi connectivity index (χ2n) is 4.17. The van der Waals surface area contributed by atoms with Gasteiger partial charge in [0, 0.05) is 24.7 Å². The van der Waals surface area contributed by atoms with E-state index in [1.807, 2.05) is 0 Å². The number of β-amino-alcohol motifs (C(OH)–C–C–N with tert-alkyl or cyclic N) is 1. The van der Waals surface area contributed by atoms with Crippen molar-refractivity contribution in [2.75, 3.05) is 26.2 Å². The van der Waals surface area contributed by atoms with Crippen molar-refractivity contribution in [2.45, 2.75) is 12.5 Å². The van der Waals surface area contributed by atoms with Gasteiger partial charge in [-0.3, -0.25) is 4.90 Å². The molecule has 1 aliphatic heterocycles. The molecule has 0 bridgehead atoms. The molecular formula is C12H15Cl2NO2. The zero-order valence-electron chi connectivity index (χ0n) is 9.40. The average Bonchev–Trinajstić information content (AvgIpc) is 2.68. The number of ether oxygens (including phenoxy) is 1. The molecule has 1 aromatic rings. The summed E-state index contributed by atoms with van der Waals surface area (Å²) in [7, 11) is 0. The maximum atomic E-state index is 9.37. The van der Waals surface area contributed by atoms with Gasteiger partial charge in [-0.05, 0) is 24.6 Å². The standard InChI is InChI=1S/C12H15Cl2NO2/c13-9-1-2-12(11(14)7-9)17-6-5-15-4-3-10(16)8-15/h1-2,7,10,16H,3-6,8H2/t10-/m0/s1. The Balaban J connectivity index is 1.78. The van der Waals surface area contributed by atoms with E-state index in [-0.39, 0.29) is 6.10 Å². The third kappa shape index (κ3) is 3.75. The van der Waals surface area contributed by atoms with E-state index in [9.17, 15) is 5.11 Å². The Morgan fingerprint density at radius 2 is 2.24 bits per heavy atom. The first-order valence-electron chi connectivity index (χ1n) is 5.63. The second kappa shape index (κ2) is 5.91. The van der Waals surface area contributed by atoms with Crippen molar-refractivity contribution in [1.82, 2.24) is 4.90 Å². The summed E-state index contributed by atoms with van der Waals surface area (Å²) in [5.41, 5.74) is 0. The summed E-state index contributed by atoms with van der Waals surface area (Å²) in [4.78, 5) is 2.18. The predicted molar refractivity (Wildman–Crippen MR) is 69.0 cm³/mol. The van der Waals surface area contributed by atoms with Gasteiger partial charge in [0.2, 0.25) is 0 Å². The number of rotatable bonds is 4. The molecule has 5 heteroatoms. The Bertz CT molecular complexity index is 387. The van der Waals surface area contributed by atoms with Crippen LogP contribution in [0.5, 0.6) is 5.75 Å². The van der Waals surface area contributed by atoms with Crippen LogP contribution in [0.3, 0.4) is 0 Å². The number of likely N-dealkylation sites (tertiary alicyclic amines) is 1.